The van der Waals surface area contributed by atoms with Crippen molar-refractivity contribution in [1.29, 1.82) is 0 Å². The summed E-state index contributed by atoms with van der Waals surface area (Å²) in [6, 6.07) is 8.45. The van der Waals surface area contributed by atoms with Gasteiger partial charge in [0.05, 0.1) is 11.2 Å². The van der Waals surface area contributed by atoms with Crippen molar-refractivity contribution in [2.75, 3.05) is 13.6 Å². The second-order valence-corrected chi connectivity index (χ2v) is 5.34. The summed E-state index contributed by atoms with van der Waals surface area (Å²) in [6.45, 7) is 10.1. The van der Waals surface area contributed by atoms with Crippen molar-refractivity contribution >= 4 is 10.9 Å². The Bertz CT molecular complexity index is 570. The molecule has 0 spiro atoms. The lowest BCUT2D eigenvalue weighted by molar-refractivity contribution is 0.401. The first-order valence-corrected chi connectivity index (χ1v) is 6.86. The van der Waals surface area contributed by atoms with E-state index in [4.69, 9.17) is 5.10 Å². The van der Waals surface area contributed by atoms with Crippen LogP contribution in [0.25, 0.3) is 10.9 Å². The lowest BCUT2D eigenvalue weighted by Gasteiger charge is -2.24. The van der Waals surface area contributed by atoms with Gasteiger partial charge in [0.2, 0.25) is 0 Å². The van der Waals surface area contributed by atoms with Crippen LogP contribution in [0, 0.1) is 5.41 Å². The maximum absolute atomic E-state index is 4.76. The van der Waals surface area contributed by atoms with E-state index in [1.54, 1.807) is 0 Å². The molecule has 0 saturated heterocycles. The Balaban J connectivity index is 2.42. The molecule has 1 heterocycles. The average molecular weight is 257 g/mol. The molecule has 0 saturated carbocycles. The van der Waals surface area contributed by atoms with E-state index < -0.39 is 0 Å². The van der Waals surface area contributed by atoms with Crippen LogP contribution in [0.1, 0.15) is 19.5 Å². The van der Waals surface area contributed by atoms with E-state index in [0.717, 1.165) is 25.2 Å². The van der Waals surface area contributed by atoms with Crippen molar-refractivity contribution < 1.29 is 0 Å². The zero-order valence-electron chi connectivity index (χ0n) is 12.1. The molecular formula is C16H23N3. The fourth-order valence-corrected chi connectivity index (χ4v) is 2.56. The van der Waals surface area contributed by atoms with Crippen molar-refractivity contribution in [3.63, 3.8) is 0 Å². The minimum atomic E-state index is 0.0322. The van der Waals surface area contributed by atoms with Gasteiger partial charge in [-0.05, 0) is 20.0 Å². The lowest BCUT2D eigenvalue weighted by atomic mass is 9.85. The van der Waals surface area contributed by atoms with Crippen LogP contribution < -0.4 is 5.32 Å². The van der Waals surface area contributed by atoms with Gasteiger partial charge in [0.25, 0.3) is 0 Å². The number of para-hydroxylation sites is 1. The number of nitrogens with zero attached hydrogens (tertiary/aromatic N) is 2. The fraction of sp³-hybridized carbons (Fsp3) is 0.438. The van der Waals surface area contributed by atoms with Gasteiger partial charge in [0.1, 0.15) is 0 Å². The Morgan fingerprint density at radius 3 is 2.79 bits per heavy atom. The predicted molar refractivity (Wildman–Crippen MR) is 81.3 cm³/mol. The number of rotatable bonds is 6. The maximum Gasteiger partial charge on any atom is 0.0712 e. The second-order valence-electron chi connectivity index (χ2n) is 5.34. The highest BCUT2D eigenvalue weighted by atomic mass is 15.3. The van der Waals surface area contributed by atoms with Gasteiger partial charge in [-0.3, -0.25) is 4.68 Å². The third-order valence-electron chi connectivity index (χ3n) is 3.68. The first-order chi connectivity index (χ1) is 9.13. The van der Waals surface area contributed by atoms with Crippen LogP contribution in [0.3, 0.4) is 0 Å². The van der Waals surface area contributed by atoms with Gasteiger partial charge in [0.15, 0.2) is 0 Å². The van der Waals surface area contributed by atoms with Crippen LogP contribution in [-0.2, 0) is 13.0 Å². The molecule has 3 nitrogen and oxygen atoms in total. The van der Waals surface area contributed by atoms with E-state index in [-0.39, 0.29) is 5.41 Å². The number of hydrogen-bond donors (Lipinski definition) is 1. The summed E-state index contributed by atoms with van der Waals surface area (Å²) >= 11 is 0. The smallest absolute Gasteiger partial charge is 0.0712 e. The molecule has 0 aliphatic carbocycles. The number of nitrogens with one attached hydrogen (secondary N) is 1. The van der Waals surface area contributed by atoms with Crippen molar-refractivity contribution in [1.82, 2.24) is 15.1 Å². The number of aryl methyl sites for hydroxylation is 1. The standard InChI is InChI=1S/C16H23N3/c1-5-16(3,12-17-4)11-14-13-9-7-8-10-15(13)19(6-2)18-14/h5,7-10,17H,1,6,11-12H2,2-4H3. The maximum atomic E-state index is 4.76. The van der Waals surface area contributed by atoms with Crippen molar-refractivity contribution in [3.05, 3.63) is 42.6 Å². The first kappa shape index (κ1) is 13.8. The van der Waals surface area contributed by atoms with Gasteiger partial charge in [-0.15, -0.1) is 6.58 Å². The van der Waals surface area contributed by atoms with E-state index >= 15 is 0 Å². The average Bonchev–Trinajstić information content (AvgIpc) is 2.77. The first-order valence-electron chi connectivity index (χ1n) is 6.86. The molecular weight excluding hydrogens is 234 g/mol. The second kappa shape index (κ2) is 5.57. The summed E-state index contributed by atoms with van der Waals surface area (Å²) in [6.07, 6.45) is 2.94. The zero-order valence-corrected chi connectivity index (χ0v) is 12.1. The van der Waals surface area contributed by atoms with Crippen LogP contribution in [0.5, 0.6) is 0 Å². The Kier molecular flexibility index (Phi) is 4.05. The fourth-order valence-electron chi connectivity index (χ4n) is 2.56. The molecule has 1 unspecified atom stereocenters. The quantitative estimate of drug-likeness (QED) is 0.806. The molecule has 1 N–H and O–H groups in total. The third-order valence-corrected chi connectivity index (χ3v) is 3.68. The van der Waals surface area contributed by atoms with Crippen molar-refractivity contribution in [3.8, 4) is 0 Å². The van der Waals surface area contributed by atoms with E-state index in [1.165, 1.54) is 10.9 Å². The normalized spacial score (nSPS) is 14.5. The van der Waals surface area contributed by atoms with E-state index in [0.29, 0.717) is 0 Å². The monoisotopic (exact) mass is 257 g/mol. The molecule has 0 aliphatic rings. The van der Waals surface area contributed by atoms with E-state index in [9.17, 15) is 0 Å². The molecule has 0 amide bonds. The number of fused-ring (bicyclic) bond motifs is 1. The summed E-state index contributed by atoms with van der Waals surface area (Å²) in [5.41, 5.74) is 2.41. The van der Waals surface area contributed by atoms with Gasteiger partial charge >= 0.3 is 0 Å². The molecule has 102 valence electrons. The Hall–Kier alpha value is -1.61. The molecule has 2 rings (SSSR count). The van der Waals surface area contributed by atoms with E-state index in [1.807, 2.05) is 13.1 Å². The largest absolute Gasteiger partial charge is 0.319 e. The predicted octanol–water partition coefficient (Wildman–Crippen LogP) is 3.01. The number of hydrogen-bond acceptors (Lipinski definition) is 2. The molecule has 0 bridgehead atoms. The summed E-state index contributed by atoms with van der Waals surface area (Å²) in [5.74, 6) is 0. The van der Waals surface area contributed by atoms with Crippen LogP contribution in [0.4, 0.5) is 0 Å². The van der Waals surface area contributed by atoms with Crippen molar-refractivity contribution in [2.24, 2.45) is 5.41 Å². The summed E-state index contributed by atoms with van der Waals surface area (Å²) in [5, 5.41) is 9.26. The van der Waals surface area contributed by atoms with Crippen molar-refractivity contribution in [2.45, 2.75) is 26.8 Å². The molecule has 0 aliphatic heterocycles. The lowest BCUT2D eigenvalue weighted by Crippen LogP contribution is -2.30. The van der Waals surface area contributed by atoms with Gasteiger partial charge in [-0.1, -0.05) is 31.2 Å². The molecule has 1 aromatic carbocycles. The summed E-state index contributed by atoms with van der Waals surface area (Å²) in [7, 11) is 1.98. The molecule has 0 fully saturated rings. The minimum absolute atomic E-state index is 0.0322. The minimum Gasteiger partial charge on any atom is -0.319 e. The Morgan fingerprint density at radius 1 is 1.42 bits per heavy atom. The van der Waals surface area contributed by atoms with Crippen LogP contribution >= 0.6 is 0 Å². The molecule has 1 atom stereocenters. The highest BCUT2D eigenvalue weighted by Gasteiger charge is 2.23. The van der Waals surface area contributed by atoms with E-state index in [2.05, 4.69) is 54.7 Å². The zero-order chi connectivity index (χ0) is 13.9. The van der Waals surface area contributed by atoms with Gasteiger partial charge < -0.3 is 5.32 Å². The number of benzene rings is 1. The molecule has 1 aromatic heterocycles. The SMILES string of the molecule is C=CC(C)(CNC)Cc1nn(CC)c2ccccc12. The number of aromatic nitrogens is 2. The topological polar surface area (TPSA) is 29.9 Å². The van der Waals surface area contributed by atoms with Crippen LogP contribution in [-0.4, -0.2) is 23.4 Å². The molecule has 19 heavy (non-hydrogen) atoms. The Labute approximate surface area is 115 Å². The Morgan fingerprint density at radius 2 is 2.16 bits per heavy atom. The molecule has 3 heteroatoms. The van der Waals surface area contributed by atoms with Gasteiger partial charge in [-0.25, -0.2) is 0 Å². The van der Waals surface area contributed by atoms with Crippen LogP contribution in [0.2, 0.25) is 0 Å². The summed E-state index contributed by atoms with van der Waals surface area (Å²) in [4.78, 5) is 0. The van der Waals surface area contributed by atoms with Gasteiger partial charge in [0, 0.05) is 30.3 Å². The highest BCUT2D eigenvalue weighted by molar-refractivity contribution is 5.82. The highest BCUT2D eigenvalue weighted by Crippen LogP contribution is 2.27. The summed E-state index contributed by atoms with van der Waals surface area (Å²) < 4.78 is 2.08. The third kappa shape index (κ3) is 2.71. The molecule has 2 aromatic rings. The molecule has 0 radical (unpaired) electrons. The van der Waals surface area contributed by atoms with Gasteiger partial charge in [-0.2, -0.15) is 5.10 Å². The van der Waals surface area contributed by atoms with Crippen LogP contribution in [0.15, 0.2) is 36.9 Å².